The van der Waals surface area contributed by atoms with Gasteiger partial charge in [-0.15, -0.1) is 0 Å². The minimum atomic E-state index is -0.488. The van der Waals surface area contributed by atoms with Crippen LogP contribution in [0.5, 0.6) is 5.75 Å². The van der Waals surface area contributed by atoms with E-state index in [1.54, 1.807) is 12.1 Å². The first kappa shape index (κ1) is 11.9. The predicted octanol–water partition coefficient (Wildman–Crippen LogP) is 3.90. The molecule has 0 fully saturated rings. The van der Waals surface area contributed by atoms with E-state index in [0.29, 0.717) is 5.75 Å². The summed E-state index contributed by atoms with van der Waals surface area (Å²) in [6, 6.07) is 16.5. The molecule has 0 saturated carbocycles. The topological polar surface area (TPSA) is 38.3 Å². The molecule has 4 heteroatoms. The van der Waals surface area contributed by atoms with Gasteiger partial charge >= 0.3 is 6.09 Å². The van der Waals surface area contributed by atoms with Crippen molar-refractivity contribution < 1.29 is 9.53 Å². The van der Waals surface area contributed by atoms with Gasteiger partial charge in [-0.25, -0.2) is 4.79 Å². The second kappa shape index (κ2) is 5.67. The Morgan fingerprint density at radius 2 is 1.82 bits per heavy atom. The number of hydrogen-bond donors (Lipinski definition) is 1. The third kappa shape index (κ3) is 3.74. The van der Waals surface area contributed by atoms with Gasteiger partial charge in [-0.1, -0.05) is 24.3 Å². The lowest BCUT2D eigenvalue weighted by Gasteiger charge is -2.06. The number of anilines is 1. The van der Waals surface area contributed by atoms with Gasteiger partial charge in [0.15, 0.2) is 0 Å². The summed E-state index contributed by atoms with van der Waals surface area (Å²) in [6.07, 6.45) is -0.488. The Morgan fingerprint density at radius 1 is 1.06 bits per heavy atom. The summed E-state index contributed by atoms with van der Waals surface area (Å²) in [6.45, 7) is 0. The Labute approximate surface area is 113 Å². The van der Waals surface area contributed by atoms with Crippen LogP contribution in [0.3, 0.4) is 0 Å². The van der Waals surface area contributed by atoms with E-state index in [-0.39, 0.29) is 0 Å². The van der Waals surface area contributed by atoms with Crippen LogP contribution in [0.4, 0.5) is 10.5 Å². The number of amides is 1. The van der Waals surface area contributed by atoms with Crippen LogP contribution >= 0.6 is 22.6 Å². The largest absolute Gasteiger partial charge is 0.417 e. The molecule has 0 aromatic heterocycles. The molecule has 17 heavy (non-hydrogen) atoms. The first-order valence-electron chi connectivity index (χ1n) is 5.03. The number of benzene rings is 2. The van der Waals surface area contributed by atoms with Crippen LogP contribution in [0.25, 0.3) is 0 Å². The molecule has 3 nitrogen and oxygen atoms in total. The molecular formula is C13H10INO2. The first-order chi connectivity index (χ1) is 8.24. The van der Waals surface area contributed by atoms with Crippen molar-refractivity contribution in [3.05, 3.63) is 58.2 Å². The number of hydrogen-bond acceptors (Lipinski definition) is 2. The Morgan fingerprint density at radius 3 is 2.53 bits per heavy atom. The van der Waals surface area contributed by atoms with Crippen LogP contribution in [0.15, 0.2) is 54.6 Å². The predicted molar refractivity (Wildman–Crippen MR) is 75.2 cm³/mol. The minimum absolute atomic E-state index is 0.488. The van der Waals surface area contributed by atoms with Crippen LogP contribution in [-0.2, 0) is 0 Å². The van der Waals surface area contributed by atoms with Gasteiger partial charge in [0.2, 0.25) is 0 Å². The van der Waals surface area contributed by atoms with Gasteiger partial charge in [0.05, 0.1) is 0 Å². The van der Waals surface area contributed by atoms with Crippen molar-refractivity contribution in [1.29, 1.82) is 0 Å². The van der Waals surface area contributed by atoms with Gasteiger partial charge in [0.1, 0.15) is 5.75 Å². The number of halogens is 1. The lowest BCUT2D eigenvalue weighted by atomic mass is 10.3. The summed E-state index contributed by atoms with van der Waals surface area (Å²) in [4.78, 5) is 11.6. The normalized spacial score (nSPS) is 9.71. The summed E-state index contributed by atoms with van der Waals surface area (Å²) >= 11 is 2.18. The highest BCUT2D eigenvalue weighted by atomic mass is 127. The molecule has 1 amide bonds. The fourth-order valence-corrected chi connectivity index (χ4v) is 1.85. The SMILES string of the molecule is O=C(Nc1cccc(I)c1)Oc1ccccc1. The summed E-state index contributed by atoms with van der Waals surface area (Å²) in [7, 11) is 0. The quantitative estimate of drug-likeness (QED) is 0.843. The zero-order valence-corrected chi connectivity index (χ0v) is 11.0. The molecule has 2 aromatic rings. The lowest BCUT2D eigenvalue weighted by molar-refractivity contribution is 0.215. The van der Waals surface area contributed by atoms with Gasteiger partial charge in [0, 0.05) is 9.26 Å². The zero-order valence-electron chi connectivity index (χ0n) is 8.89. The van der Waals surface area contributed by atoms with Gasteiger partial charge in [-0.05, 0) is 52.9 Å². The van der Waals surface area contributed by atoms with E-state index in [2.05, 4.69) is 27.9 Å². The third-order valence-electron chi connectivity index (χ3n) is 2.02. The van der Waals surface area contributed by atoms with Crippen molar-refractivity contribution in [1.82, 2.24) is 0 Å². The molecule has 86 valence electrons. The molecule has 0 atom stereocenters. The summed E-state index contributed by atoms with van der Waals surface area (Å²) in [5, 5.41) is 2.67. The van der Waals surface area contributed by atoms with Gasteiger partial charge < -0.3 is 4.74 Å². The van der Waals surface area contributed by atoms with Gasteiger partial charge in [0.25, 0.3) is 0 Å². The first-order valence-corrected chi connectivity index (χ1v) is 6.11. The van der Waals surface area contributed by atoms with E-state index < -0.39 is 6.09 Å². The minimum Gasteiger partial charge on any atom is -0.410 e. The standard InChI is InChI=1S/C13H10INO2/c14-10-5-4-6-11(9-10)15-13(16)17-12-7-2-1-3-8-12/h1-9H,(H,15,16). The Kier molecular flexibility index (Phi) is 3.98. The Hall–Kier alpha value is -1.56. The van der Waals surface area contributed by atoms with Crippen molar-refractivity contribution >= 4 is 34.4 Å². The fraction of sp³-hybridized carbons (Fsp3) is 0. The van der Waals surface area contributed by atoms with E-state index in [4.69, 9.17) is 4.74 Å². The second-order valence-electron chi connectivity index (χ2n) is 3.34. The Bertz CT molecular complexity index is 514. The van der Waals surface area contributed by atoms with E-state index in [9.17, 15) is 4.79 Å². The average Bonchev–Trinajstić information content (AvgIpc) is 2.30. The molecule has 2 rings (SSSR count). The average molecular weight is 339 g/mol. The van der Waals surface area contributed by atoms with Gasteiger partial charge in [-0.2, -0.15) is 0 Å². The zero-order chi connectivity index (χ0) is 12.1. The molecule has 0 unspecified atom stereocenters. The highest BCUT2D eigenvalue weighted by molar-refractivity contribution is 14.1. The van der Waals surface area contributed by atoms with Crippen LogP contribution in [0.2, 0.25) is 0 Å². The van der Waals surface area contributed by atoms with E-state index >= 15 is 0 Å². The molecule has 0 saturated heterocycles. The van der Waals surface area contributed by atoms with E-state index in [1.165, 1.54) is 0 Å². The number of carbonyl (C=O) groups is 1. The van der Waals surface area contributed by atoms with Gasteiger partial charge in [-0.3, -0.25) is 5.32 Å². The maximum Gasteiger partial charge on any atom is 0.417 e. The molecule has 0 radical (unpaired) electrons. The Balaban J connectivity index is 1.98. The smallest absolute Gasteiger partial charge is 0.410 e. The van der Waals surface area contributed by atoms with Crippen LogP contribution in [0, 0.1) is 3.57 Å². The fourth-order valence-electron chi connectivity index (χ4n) is 1.31. The maximum absolute atomic E-state index is 11.6. The number of rotatable bonds is 2. The van der Waals surface area contributed by atoms with Crippen LogP contribution in [-0.4, -0.2) is 6.09 Å². The molecule has 0 spiro atoms. The number of ether oxygens (including phenoxy) is 1. The second-order valence-corrected chi connectivity index (χ2v) is 4.58. The molecule has 0 aliphatic rings. The monoisotopic (exact) mass is 339 g/mol. The molecule has 0 heterocycles. The van der Waals surface area contributed by atoms with Crippen molar-refractivity contribution in [3.63, 3.8) is 0 Å². The van der Waals surface area contributed by atoms with Crippen LogP contribution < -0.4 is 10.1 Å². The number of carbonyl (C=O) groups excluding carboxylic acids is 1. The van der Waals surface area contributed by atoms with Crippen molar-refractivity contribution in [2.24, 2.45) is 0 Å². The van der Waals surface area contributed by atoms with Crippen molar-refractivity contribution in [2.45, 2.75) is 0 Å². The maximum atomic E-state index is 11.6. The van der Waals surface area contributed by atoms with E-state index in [1.807, 2.05) is 42.5 Å². The highest BCUT2D eigenvalue weighted by Gasteiger charge is 2.04. The molecular weight excluding hydrogens is 329 g/mol. The number of para-hydroxylation sites is 1. The summed E-state index contributed by atoms with van der Waals surface area (Å²) < 4.78 is 6.16. The molecule has 1 N–H and O–H groups in total. The molecule has 0 aliphatic heterocycles. The molecule has 0 bridgehead atoms. The highest BCUT2D eigenvalue weighted by Crippen LogP contribution is 2.14. The molecule has 2 aromatic carbocycles. The number of nitrogens with one attached hydrogen (secondary N) is 1. The van der Waals surface area contributed by atoms with Crippen molar-refractivity contribution in [2.75, 3.05) is 5.32 Å². The summed E-state index contributed by atoms with van der Waals surface area (Å²) in [5.74, 6) is 0.524. The third-order valence-corrected chi connectivity index (χ3v) is 2.70. The summed E-state index contributed by atoms with van der Waals surface area (Å²) in [5.41, 5.74) is 0.720. The van der Waals surface area contributed by atoms with Crippen LogP contribution in [0.1, 0.15) is 0 Å². The van der Waals surface area contributed by atoms with Crippen molar-refractivity contribution in [3.8, 4) is 5.75 Å². The molecule has 0 aliphatic carbocycles. The lowest BCUT2D eigenvalue weighted by Crippen LogP contribution is -2.16. The van der Waals surface area contributed by atoms with E-state index in [0.717, 1.165) is 9.26 Å².